The number of ether oxygens (including phenoxy) is 1. The molecule has 1 atom stereocenters. The third kappa shape index (κ3) is 4.59. The second-order valence-corrected chi connectivity index (χ2v) is 7.14. The molecule has 0 bridgehead atoms. The lowest BCUT2D eigenvalue weighted by Crippen LogP contribution is -2.41. The molecule has 3 aromatic rings. The molecule has 8 nitrogen and oxygen atoms in total. The van der Waals surface area contributed by atoms with Gasteiger partial charge in [-0.1, -0.05) is 23.4 Å². The van der Waals surface area contributed by atoms with Gasteiger partial charge in [-0.05, 0) is 24.8 Å². The first-order chi connectivity index (χ1) is 14.2. The third-order valence-electron chi connectivity index (χ3n) is 5.13. The molecule has 0 N–H and O–H groups in total. The van der Waals surface area contributed by atoms with E-state index < -0.39 is 0 Å². The Morgan fingerprint density at radius 2 is 2.21 bits per heavy atom. The smallest absolute Gasteiger partial charge is 0.227 e. The normalized spacial score (nSPS) is 16.6. The van der Waals surface area contributed by atoms with Gasteiger partial charge in [-0.25, -0.2) is 4.98 Å². The Morgan fingerprint density at radius 1 is 1.31 bits per heavy atom. The van der Waals surface area contributed by atoms with Crippen LogP contribution in [0.3, 0.4) is 0 Å². The molecular formula is C21H23N5O3. The van der Waals surface area contributed by atoms with Crippen molar-refractivity contribution >= 4 is 5.91 Å². The number of aromatic nitrogens is 4. The molecule has 0 saturated carbocycles. The quantitative estimate of drug-likeness (QED) is 0.635. The number of likely N-dealkylation sites (tertiary alicyclic amines) is 1. The number of carbonyl (C=O) groups is 1. The van der Waals surface area contributed by atoms with Crippen molar-refractivity contribution in [3.8, 4) is 17.3 Å². The predicted molar refractivity (Wildman–Crippen MR) is 105 cm³/mol. The summed E-state index contributed by atoms with van der Waals surface area (Å²) in [4.78, 5) is 27.4. The first-order valence-electron chi connectivity index (χ1n) is 9.71. The molecule has 1 saturated heterocycles. The highest BCUT2D eigenvalue weighted by molar-refractivity contribution is 5.79. The third-order valence-corrected chi connectivity index (χ3v) is 5.13. The lowest BCUT2D eigenvalue weighted by molar-refractivity contribution is -0.132. The minimum absolute atomic E-state index is 0.116. The van der Waals surface area contributed by atoms with Gasteiger partial charge in [-0.3, -0.25) is 9.78 Å². The highest BCUT2D eigenvalue weighted by Gasteiger charge is 2.26. The summed E-state index contributed by atoms with van der Waals surface area (Å²) < 4.78 is 10.8. The van der Waals surface area contributed by atoms with Crippen molar-refractivity contribution in [2.24, 2.45) is 5.92 Å². The zero-order valence-electron chi connectivity index (χ0n) is 16.3. The fraction of sp³-hybridized carbons (Fsp3) is 0.381. The SMILES string of the molecule is COc1ccccc1CC(=O)N1CCC[C@@H](Cc2nc(-c3cnccn3)no2)C1. The number of hydrogen-bond acceptors (Lipinski definition) is 7. The predicted octanol–water partition coefficient (Wildman–Crippen LogP) is 2.56. The van der Waals surface area contributed by atoms with Gasteiger partial charge in [0.15, 0.2) is 0 Å². The van der Waals surface area contributed by atoms with E-state index in [4.69, 9.17) is 9.26 Å². The van der Waals surface area contributed by atoms with Crippen molar-refractivity contribution in [2.75, 3.05) is 20.2 Å². The Balaban J connectivity index is 1.37. The summed E-state index contributed by atoms with van der Waals surface area (Å²) in [5.74, 6) is 2.16. The van der Waals surface area contributed by atoms with Crippen LogP contribution >= 0.6 is 0 Å². The fourth-order valence-corrected chi connectivity index (χ4v) is 3.69. The molecule has 1 fully saturated rings. The van der Waals surface area contributed by atoms with Gasteiger partial charge in [0.05, 0.1) is 19.7 Å². The molecule has 3 heterocycles. The molecule has 1 aliphatic rings. The minimum atomic E-state index is 0.116. The highest BCUT2D eigenvalue weighted by atomic mass is 16.5. The van der Waals surface area contributed by atoms with Crippen LogP contribution in [0.5, 0.6) is 5.75 Å². The maximum absolute atomic E-state index is 12.8. The van der Waals surface area contributed by atoms with E-state index in [0.717, 1.165) is 30.7 Å². The monoisotopic (exact) mass is 393 g/mol. The van der Waals surface area contributed by atoms with Crippen LogP contribution in [0.15, 0.2) is 47.4 Å². The Bertz CT molecular complexity index is 960. The Labute approximate surface area is 168 Å². The Morgan fingerprint density at radius 3 is 3.03 bits per heavy atom. The summed E-state index contributed by atoms with van der Waals surface area (Å²) in [6, 6.07) is 7.65. The standard InChI is InChI=1S/C21H23N5O3/c1-28-18-7-3-2-6-16(18)12-20(27)26-10-4-5-15(14-26)11-19-24-21(25-29-19)17-13-22-8-9-23-17/h2-3,6-9,13,15H,4-5,10-12,14H2,1H3/t15-/m0/s1. The number of piperidine rings is 1. The second kappa shape index (κ2) is 8.81. The van der Waals surface area contributed by atoms with Gasteiger partial charge in [0, 0.05) is 37.5 Å². The van der Waals surface area contributed by atoms with E-state index >= 15 is 0 Å². The molecule has 150 valence electrons. The molecule has 29 heavy (non-hydrogen) atoms. The number of carbonyl (C=O) groups excluding carboxylic acids is 1. The van der Waals surface area contributed by atoms with Crippen molar-refractivity contribution in [3.63, 3.8) is 0 Å². The maximum atomic E-state index is 12.8. The van der Waals surface area contributed by atoms with Gasteiger partial charge in [0.1, 0.15) is 11.4 Å². The zero-order valence-corrected chi connectivity index (χ0v) is 16.3. The van der Waals surface area contributed by atoms with E-state index in [0.29, 0.717) is 42.7 Å². The molecule has 8 heteroatoms. The van der Waals surface area contributed by atoms with E-state index in [-0.39, 0.29) is 5.91 Å². The summed E-state index contributed by atoms with van der Waals surface area (Å²) in [6.07, 6.45) is 7.78. The summed E-state index contributed by atoms with van der Waals surface area (Å²) in [6.45, 7) is 1.47. The van der Waals surface area contributed by atoms with Crippen LogP contribution in [0.2, 0.25) is 0 Å². The average molecular weight is 393 g/mol. The molecule has 0 aliphatic carbocycles. The fourth-order valence-electron chi connectivity index (χ4n) is 3.69. The number of amides is 1. The summed E-state index contributed by atoms with van der Waals surface area (Å²) >= 11 is 0. The molecule has 1 aliphatic heterocycles. The van der Waals surface area contributed by atoms with Crippen LogP contribution in [0, 0.1) is 5.92 Å². The lowest BCUT2D eigenvalue weighted by Gasteiger charge is -2.32. The van der Waals surface area contributed by atoms with Crippen LogP contribution in [0.1, 0.15) is 24.3 Å². The van der Waals surface area contributed by atoms with Gasteiger partial charge in [0.2, 0.25) is 17.6 Å². The minimum Gasteiger partial charge on any atom is -0.496 e. The van der Waals surface area contributed by atoms with Gasteiger partial charge in [-0.15, -0.1) is 0 Å². The first-order valence-corrected chi connectivity index (χ1v) is 9.71. The van der Waals surface area contributed by atoms with E-state index in [1.807, 2.05) is 29.2 Å². The van der Waals surface area contributed by atoms with Gasteiger partial charge >= 0.3 is 0 Å². The molecular weight excluding hydrogens is 370 g/mol. The molecule has 1 amide bonds. The van der Waals surface area contributed by atoms with E-state index in [1.165, 1.54) is 0 Å². The van der Waals surface area contributed by atoms with Crippen LogP contribution in [-0.4, -0.2) is 51.1 Å². The number of nitrogens with zero attached hydrogens (tertiary/aromatic N) is 5. The largest absolute Gasteiger partial charge is 0.496 e. The number of hydrogen-bond donors (Lipinski definition) is 0. The van der Waals surface area contributed by atoms with E-state index in [9.17, 15) is 4.79 Å². The van der Waals surface area contributed by atoms with Crippen LogP contribution in [-0.2, 0) is 17.6 Å². The summed E-state index contributed by atoms with van der Waals surface area (Å²) in [7, 11) is 1.62. The number of rotatable bonds is 6. The van der Waals surface area contributed by atoms with Gasteiger partial charge in [-0.2, -0.15) is 4.98 Å². The van der Waals surface area contributed by atoms with Crippen LogP contribution in [0.4, 0.5) is 0 Å². The van der Waals surface area contributed by atoms with Crippen molar-refractivity contribution in [2.45, 2.75) is 25.7 Å². The van der Waals surface area contributed by atoms with Gasteiger partial charge < -0.3 is 14.2 Å². The average Bonchev–Trinajstić information content (AvgIpc) is 3.23. The van der Waals surface area contributed by atoms with Gasteiger partial charge in [0.25, 0.3) is 0 Å². The highest BCUT2D eigenvalue weighted by Crippen LogP contribution is 2.24. The Hall–Kier alpha value is -3.29. The number of benzene rings is 1. The molecule has 4 rings (SSSR count). The number of methoxy groups -OCH3 is 1. The van der Waals surface area contributed by atoms with Crippen molar-refractivity contribution < 1.29 is 14.1 Å². The van der Waals surface area contributed by atoms with Crippen molar-refractivity contribution in [3.05, 3.63) is 54.3 Å². The van der Waals surface area contributed by atoms with Crippen molar-refractivity contribution in [1.82, 2.24) is 25.0 Å². The maximum Gasteiger partial charge on any atom is 0.227 e. The molecule has 0 unspecified atom stereocenters. The Kier molecular flexibility index (Phi) is 5.79. The van der Waals surface area contributed by atoms with Crippen LogP contribution in [0.25, 0.3) is 11.5 Å². The van der Waals surface area contributed by atoms with Crippen LogP contribution < -0.4 is 4.74 Å². The summed E-state index contributed by atoms with van der Waals surface area (Å²) in [5.41, 5.74) is 1.49. The second-order valence-electron chi connectivity index (χ2n) is 7.14. The zero-order chi connectivity index (χ0) is 20.1. The lowest BCUT2D eigenvalue weighted by atomic mass is 9.94. The van der Waals surface area contributed by atoms with E-state index in [2.05, 4.69) is 20.1 Å². The molecule has 2 aromatic heterocycles. The number of para-hydroxylation sites is 1. The van der Waals surface area contributed by atoms with Crippen molar-refractivity contribution in [1.29, 1.82) is 0 Å². The topological polar surface area (TPSA) is 94.2 Å². The first kappa shape index (κ1) is 19.0. The molecule has 1 aromatic carbocycles. The van der Waals surface area contributed by atoms with E-state index in [1.54, 1.807) is 25.7 Å². The summed E-state index contributed by atoms with van der Waals surface area (Å²) in [5, 5.41) is 4.00. The molecule has 0 radical (unpaired) electrons. The molecule has 0 spiro atoms.